The van der Waals surface area contributed by atoms with Gasteiger partial charge in [0.15, 0.2) is 5.82 Å². The number of rotatable bonds is 4. The van der Waals surface area contributed by atoms with Crippen LogP contribution in [0, 0.1) is 22.9 Å². The lowest BCUT2D eigenvalue weighted by Gasteiger charge is -2.10. The summed E-state index contributed by atoms with van der Waals surface area (Å²) in [6, 6.07) is 7.27. The summed E-state index contributed by atoms with van der Waals surface area (Å²) < 4.78 is 40.2. The molecule has 0 amide bonds. The highest BCUT2D eigenvalue weighted by molar-refractivity contribution is 7.92. The van der Waals surface area contributed by atoms with Crippen molar-refractivity contribution in [3.05, 3.63) is 62.9 Å². The third kappa shape index (κ3) is 3.18. The third-order valence-electron chi connectivity index (χ3n) is 2.88. The molecule has 0 saturated carbocycles. The van der Waals surface area contributed by atoms with Crippen LogP contribution in [0.15, 0.2) is 41.3 Å². The summed E-state index contributed by atoms with van der Waals surface area (Å²) in [7, 11) is -4.18. The molecule has 2 aromatic carbocycles. The Balaban J connectivity index is 2.45. The number of nitro benzene ring substituents is 1. The molecule has 0 radical (unpaired) electrons. The molecule has 0 aliphatic heterocycles. The zero-order chi connectivity index (χ0) is 16.5. The molecule has 0 aliphatic carbocycles. The average molecular weight is 345 g/mol. The van der Waals surface area contributed by atoms with Gasteiger partial charge in [0.2, 0.25) is 0 Å². The molecule has 0 heterocycles. The second kappa shape index (κ2) is 5.90. The highest BCUT2D eigenvalue weighted by atomic mass is 35.5. The predicted octanol–water partition coefficient (Wildman–Crippen LogP) is 3.50. The molecular formula is C13H10ClFN2O4S. The van der Waals surface area contributed by atoms with Crippen molar-refractivity contribution >= 4 is 33.0 Å². The van der Waals surface area contributed by atoms with Gasteiger partial charge in [-0.05, 0) is 25.1 Å². The largest absolute Gasteiger partial charge is 0.277 e. The Kier molecular flexibility index (Phi) is 4.34. The average Bonchev–Trinajstić information content (AvgIpc) is 2.43. The van der Waals surface area contributed by atoms with E-state index in [1.54, 1.807) is 0 Å². The van der Waals surface area contributed by atoms with Crippen molar-refractivity contribution in [3.63, 3.8) is 0 Å². The van der Waals surface area contributed by atoms with E-state index in [1.807, 2.05) is 4.72 Å². The van der Waals surface area contributed by atoms with Crippen molar-refractivity contribution in [1.82, 2.24) is 0 Å². The Morgan fingerprint density at radius 1 is 1.27 bits per heavy atom. The van der Waals surface area contributed by atoms with Gasteiger partial charge in [-0.15, -0.1) is 0 Å². The van der Waals surface area contributed by atoms with Gasteiger partial charge >= 0.3 is 0 Å². The van der Waals surface area contributed by atoms with Gasteiger partial charge in [-0.25, -0.2) is 12.8 Å². The summed E-state index contributed by atoms with van der Waals surface area (Å²) in [6.07, 6.45) is 0. The Labute approximate surface area is 130 Å². The smallest absolute Gasteiger partial charge is 0.273 e. The number of halogens is 2. The molecule has 2 aromatic rings. The van der Waals surface area contributed by atoms with Crippen LogP contribution >= 0.6 is 11.6 Å². The number of sulfonamides is 1. The summed E-state index contributed by atoms with van der Waals surface area (Å²) in [6.45, 7) is 1.48. The topological polar surface area (TPSA) is 89.3 Å². The fraction of sp³-hybridized carbons (Fsp3) is 0.0769. The van der Waals surface area contributed by atoms with Crippen LogP contribution in [0.3, 0.4) is 0 Å². The van der Waals surface area contributed by atoms with E-state index in [-0.39, 0.29) is 21.3 Å². The van der Waals surface area contributed by atoms with Crippen LogP contribution in [0.2, 0.25) is 5.02 Å². The summed E-state index contributed by atoms with van der Waals surface area (Å²) in [4.78, 5) is 9.84. The van der Waals surface area contributed by atoms with Crippen molar-refractivity contribution in [2.24, 2.45) is 0 Å². The summed E-state index contributed by atoms with van der Waals surface area (Å²) in [5, 5.41) is 10.6. The first-order valence-corrected chi connectivity index (χ1v) is 7.80. The van der Waals surface area contributed by atoms with E-state index in [0.717, 1.165) is 6.07 Å². The van der Waals surface area contributed by atoms with Gasteiger partial charge in [-0.1, -0.05) is 23.7 Å². The zero-order valence-electron chi connectivity index (χ0n) is 11.2. The molecule has 0 fully saturated rings. The maximum absolute atomic E-state index is 13.8. The second-order valence-corrected chi connectivity index (χ2v) is 6.50. The minimum atomic E-state index is -4.18. The molecule has 0 aliphatic rings. The number of anilines is 1. The van der Waals surface area contributed by atoms with Crippen LogP contribution in [0.1, 0.15) is 5.56 Å². The number of hydrogen-bond donors (Lipinski definition) is 1. The van der Waals surface area contributed by atoms with Crippen LogP contribution < -0.4 is 4.72 Å². The Bertz CT molecular complexity index is 855. The first-order chi connectivity index (χ1) is 10.2. The summed E-state index contributed by atoms with van der Waals surface area (Å²) >= 11 is 5.58. The summed E-state index contributed by atoms with van der Waals surface area (Å²) in [5.41, 5.74) is -0.358. The van der Waals surface area contributed by atoms with Crippen molar-refractivity contribution in [2.75, 3.05) is 4.72 Å². The third-order valence-corrected chi connectivity index (χ3v) is 4.54. The molecular weight excluding hydrogens is 335 g/mol. The van der Waals surface area contributed by atoms with Crippen LogP contribution in [0.5, 0.6) is 0 Å². The van der Waals surface area contributed by atoms with Crippen molar-refractivity contribution in [1.29, 1.82) is 0 Å². The first-order valence-electron chi connectivity index (χ1n) is 5.94. The lowest BCUT2D eigenvalue weighted by atomic mass is 10.2. The van der Waals surface area contributed by atoms with E-state index in [0.29, 0.717) is 5.56 Å². The molecule has 116 valence electrons. The van der Waals surface area contributed by atoms with Gasteiger partial charge < -0.3 is 0 Å². The summed E-state index contributed by atoms with van der Waals surface area (Å²) in [5.74, 6) is -0.922. The van der Waals surface area contributed by atoms with Gasteiger partial charge in [-0.3, -0.25) is 14.8 Å². The number of hydrogen-bond acceptors (Lipinski definition) is 4. The number of nitrogens with zero attached hydrogens (tertiary/aromatic N) is 1. The van der Waals surface area contributed by atoms with Gasteiger partial charge in [0.25, 0.3) is 15.7 Å². The van der Waals surface area contributed by atoms with E-state index in [2.05, 4.69) is 0 Å². The highest BCUT2D eigenvalue weighted by Gasteiger charge is 2.21. The van der Waals surface area contributed by atoms with Crippen LogP contribution in [-0.2, 0) is 10.0 Å². The fourth-order valence-corrected chi connectivity index (χ4v) is 2.99. The Morgan fingerprint density at radius 3 is 2.59 bits per heavy atom. The molecule has 1 N–H and O–H groups in total. The second-order valence-electron chi connectivity index (χ2n) is 4.41. The van der Waals surface area contributed by atoms with Crippen molar-refractivity contribution in [2.45, 2.75) is 11.8 Å². The lowest BCUT2D eigenvalue weighted by molar-refractivity contribution is -0.385. The standard InChI is InChI=1S/C13H10ClFN2O4S/c1-8-5-6-9(7-12(8)17(18)19)22(20,21)16-11-4-2-3-10(14)13(11)15/h2-7,16H,1H3. The monoisotopic (exact) mass is 344 g/mol. The minimum absolute atomic E-state index is 0.241. The molecule has 6 nitrogen and oxygen atoms in total. The maximum atomic E-state index is 13.8. The quantitative estimate of drug-likeness (QED) is 0.679. The Hall–Kier alpha value is -2.19. The van der Waals surface area contributed by atoms with E-state index in [4.69, 9.17) is 11.6 Å². The first kappa shape index (κ1) is 16.2. The molecule has 0 atom stereocenters. The SMILES string of the molecule is Cc1ccc(S(=O)(=O)Nc2cccc(Cl)c2F)cc1[N+](=O)[O-]. The number of benzene rings is 2. The van der Waals surface area contributed by atoms with Crippen molar-refractivity contribution < 1.29 is 17.7 Å². The Morgan fingerprint density at radius 2 is 1.95 bits per heavy atom. The van der Waals surface area contributed by atoms with Crippen LogP contribution in [-0.4, -0.2) is 13.3 Å². The molecule has 0 bridgehead atoms. The van der Waals surface area contributed by atoms with E-state index in [1.165, 1.54) is 37.3 Å². The normalized spacial score (nSPS) is 11.2. The molecule has 0 saturated heterocycles. The van der Waals surface area contributed by atoms with Gasteiger partial charge in [0.05, 0.1) is 20.5 Å². The van der Waals surface area contributed by atoms with Crippen molar-refractivity contribution in [3.8, 4) is 0 Å². The van der Waals surface area contributed by atoms with Gasteiger partial charge in [0, 0.05) is 11.6 Å². The van der Waals surface area contributed by atoms with E-state index >= 15 is 0 Å². The fourth-order valence-electron chi connectivity index (χ4n) is 1.74. The van der Waals surface area contributed by atoms with Gasteiger partial charge in [0.1, 0.15) is 0 Å². The number of nitro groups is 1. The molecule has 9 heteroatoms. The molecule has 0 unspecified atom stereocenters. The molecule has 0 spiro atoms. The number of aryl methyl sites for hydroxylation is 1. The zero-order valence-corrected chi connectivity index (χ0v) is 12.8. The van der Waals surface area contributed by atoms with Gasteiger partial charge in [-0.2, -0.15) is 0 Å². The molecule has 22 heavy (non-hydrogen) atoms. The van der Waals surface area contributed by atoms with Crippen LogP contribution in [0.25, 0.3) is 0 Å². The molecule has 0 aromatic heterocycles. The van der Waals surface area contributed by atoms with E-state index in [9.17, 15) is 22.9 Å². The lowest BCUT2D eigenvalue weighted by Crippen LogP contribution is -2.14. The van der Waals surface area contributed by atoms with Crippen LogP contribution in [0.4, 0.5) is 15.8 Å². The molecule has 2 rings (SSSR count). The minimum Gasteiger partial charge on any atom is -0.277 e. The van der Waals surface area contributed by atoms with E-state index < -0.39 is 20.8 Å². The highest BCUT2D eigenvalue weighted by Crippen LogP contribution is 2.27. The number of nitrogens with one attached hydrogen (secondary N) is 1. The maximum Gasteiger partial charge on any atom is 0.273 e. The predicted molar refractivity (Wildman–Crippen MR) is 80.1 cm³/mol.